The average Bonchev–Trinajstić information content (AvgIpc) is 2.92. The lowest BCUT2D eigenvalue weighted by atomic mass is 9.75. The highest BCUT2D eigenvalue weighted by atomic mass is 16.2. The summed E-state index contributed by atoms with van der Waals surface area (Å²) in [6.45, 7) is 6.32. The van der Waals surface area contributed by atoms with Gasteiger partial charge in [0, 0.05) is 12.6 Å². The lowest BCUT2D eigenvalue weighted by Gasteiger charge is -2.38. The van der Waals surface area contributed by atoms with Crippen molar-refractivity contribution in [1.29, 1.82) is 0 Å². The molecule has 0 bridgehead atoms. The van der Waals surface area contributed by atoms with Gasteiger partial charge in [0.2, 0.25) is 0 Å². The van der Waals surface area contributed by atoms with Gasteiger partial charge in [-0.25, -0.2) is 5.84 Å². The third-order valence-electron chi connectivity index (χ3n) is 4.52. The first-order valence-electron chi connectivity index (χ1n) is 7.52. The van der Waals surface area contributed by atoms with Crippen molar-refractivity contribution < 1.29 is 4.79 Å². The fourth-order valence-electron chi connectivity index (χ4n) is 2.85. The van der Waals surface area contributed by atoms with Crippen LogP contribution in [-0.2, 0) is 6.54 Å². The SMILES string of the molecule is CN(CCn1cc(C(=O)NN)nn1)C1CCC(C)(C)CC1. The normalized spacial score (nSPS) is 18.9. The first kappa shape index (κ1) is 15.9. The van der Waals surface area contributed by atoms with Crippen LogP contribution >= 0.6 is 0 Å². The minimum atomic E-state index is -0.413. The molecule has 7 heteroatoms. The summed E-state index contributed by atoms with van der Waals surface area (Å²) in [5, 5.41) is 7.75. The molecular formula is C14H26N6O. The zero-order chi connectivity index (χ0) is 15.5. The van der Waals surface area contributed by atoms with E-state index in [9.17, 15) is 4.79 Å². The van der Waals surface area contributed by atoms with Gasteiger partial charge in [-0.15, -0.1) is 5.10 Å². The van der Waals surface area contributed by atoms with Crippen LogP contribution in [0, 0.1) is 5.41 Å². The Balaban J connectivity index is 1.80. The Labute approximate surface area is 125 Å². The van der Waals surface area contributed by atoms with Crippen LogP contribution in [0.1, 0.15) is 50.0 Å². The zero-order valence-corrected chi connectivity index (χ0v) is 13.2. The molecule has 1 fully saturated rings. The Morgan fingerprint density at radius 2 is 2.19 bits per heavy atom. The predicted molar refractivity (Wildman–Crippen MR) is 80.3 cm³/mol. The summed E-state index contributed by atoms with van der Waals surface area (Å²) in [6.07, 6.45) is 6.70. The van der Waals surface area contributed by atoms with Crippen LogP contribution in [0.4, 0.5) is 0 Å². The van der Waals surface area contributed by atoms with Crippen molar-refractivity contribution in [2.75, 3.05) is 13.6 Å². The lowest BCUT2D eigenvalue weighted by Crippen LogP contribution is -2.38. The molecule has 2 rings (SSSR count). The highest BCUT2D eigenvalue weighted by molar-refractivity contribution is 5.91. The molecule has 0 aliphatic heterocycles. The quantitative estimate of drug-likeness (QED) is 0.476. The third-order valence-corrected chi connectivity index (χ3v) is 4.52. The molecule has 0 radical (unpaired) electrons. The van der Waals surface area contributed by atoms with Crippen LogP contribution in [0.2, 0.25) is 0 Å². The number of nitrogens with one attached hydrogen (secondary N) is 1. The Morgan fingerprint density at radius 1 is 1.52 bits per heavy atom. The van der Waals surface area contributed by atoms with Crippen LogP contribution in [0.15, 0.2) is 6.20 Å². The average molecular weight is 294 g/mol. The maximum atomic E-state index is 11.3. The van der Waals surface area contributed by atoms with Crippen LogP contribution in [-0.4, -0.2) is 45.4 Å². The molecule has 3 N–H and O–H groups in total. The minimum absolute atomic E-state index is 0.250. The molecule has 1 saturated carbocycles. The number of amides is 1. The number of rotatable bonds is 5. The molecule has 0 aromatic carbocycles. The van der Waals surface area contributed by atoms with Crippen molar-refractivity contribution >= 4 is 5.91 Å². The number of hydrogen-bond donors (Lipinski definition) is 2. The summed E-state index contributed by atoms with van der Waals surface area (Å²) in [5.74, 6) is 4.66. The predicted octanol–water partition coefficient (Wildman–Crippen LogP) is 0.782. The van der Waals surface area contributed by atoms with E-state index >= 15 is 0 Å². The molecule has 0 saturated heterocycles. The number of carbonyl (C=O) groups is 1. The monoisotopic (exact) mass is 294 g/mol. The molecule has 0 atom stereocenters. The molecule has 1 aromatic rings. The van der Waals surface area contributed by atoms with Crippen LogP contribution in [0.3, 0.4) is 0 Å². The molecule has 118 valence electrons. The number of nitrogen functional groups attached to an aromatic ring is 1. The summed E-state index contributed by atoms with van der Waals surface area (Å²) >= 11 is 0. The molecule has 1 aliphatic carbocycles. The highest BCUT2D eigenvalue weighted by Gasteiger charge is 2.28. The van der Waals surface area contributed by atoms with Gasteiger partial charge in [-0.05, 0) is 38.1 Å². The van der Waals surface area contributed by atoms with Gasteiger partial charge >= 0.3 is 0 Å². The molecule has 0 unspecified atom stereocenters. The van der Waals surface area contributed by atoms with Crippen LogP contribution < -0.4 is 11.3 Å². The van der Waals surface area contributed by atoms with Gasteiger partial charge in [0.1, 0.15) is 0 Å². The van der Waals surface area contributed by atoms with E-state index in [4.69, 9.17) is 5.84 Å². The summed E-state index contributed by atoms with van der Waals surface area (Å²) in [7, 11) is 2.16. The smallest absolute Gasteiger partial charge is 0.287 e. The summed E-state index contributed by atoms with van der Waals surface area (Å²) < 4.78 is 1.69. The lowest BCUT2D eigenvalue weighted by molar-refractivity contribution is 0.0948. The second kappa shape index (κ2) is 6.53. The fourth-order valence-corrected chi connectivity index (χ4v) is 2.85. The van der Waals surface area contributed by atoms with Gasteiger partial charge in [0.25, 0.3) is 5.91 Å². The van der Waals surface area contributed by atoms with Crippen molar-refractivity contribution in [3.05, 3.63) is 11.9 Å². The van der Waals surface area contributed by atoms with Gasteiger partial charge in [-0.2, -0.15) is 0 Å². The zero-order valence-electron chi connectivity index (χ0n) is 13.2. The molecule has 7 nitrogen and oxygen atoms in total. The number of carbonyl (C=O) groups excluding carboxylic acids is 1. The van der Waals surface area contributed by atoms with E-state index in [1.165, 1.54) is 25.7 Å². The van der Waals surface area contributed by atoms with E-state index in [0.29, 0.717) is 11.5 Å². The van der Waals surface area contributed by atoms with E-state index in [-0.39, 0.29) is 5.69 Å². The van der Waals surface area contributed by atoms with Gasteiger partial charge in [0.05, 0.1) is 12.7 Å². The van der Waals surface area contributed by atoms with E-state index in [0.717, 1.165) is 13.1 Å². The number of hydrazine groups is 1. The number of likely N-dealkylation sites (N-methyl/N-ethyl adjacent to an activating group) is 1. The van der Waals surface area contributed by atoms with Crippen LogP contribution in [0.5, 0.6) is 0 Å². The van der Waals surface area contributed by atoms with E-state index in [1.54, 1.807) is 10.9 Å². The van der Waals surface area contributed by atoms with Crippen LogP contribution in [0.25, 0.3) is 0 Å². The van der Waals surface area contributed by atoms with Crippen molar-refractivity contribution in [3.63, 3.8) is 0 Å². The highest BCUT2D eigenvalue weighted by Crippen LogP contribution is 2.36. The maximum Gasteiger partial charge on any atom is 0.287 e. The largest absolute Gasteiger partial charge is 0.302 e. The minimum Gasteiger partial charge on any atom is -0.302 e. The topological polar surface area (TPSA) is 89.1 Å². The molecule has 1 heterocycles. The van der Waals surface area contributed by atoms with Gasteiger partial charge in [0.15, 0.2) is 5.69 Å². The Hall–Kier alpha value is -1.47. The standard InChI is InChI=1S/C14H26N6O/c1-14(2)6-4-11(5-7-14)19(3)8-9-20-10-12(17-18-20)13(21)16-15/h10-11H,4-9,15H2,1-3H3,(H,16,21). The molecular weight excluding hydrogens is 268 g/mol. The number of aromatic nitrogens is 3. The van der Waals surface area contributed by atoms with E-state index < -0.39 is 5.91 Å². The van der Waals surface area contributed by atoms with Crippen molar-refractivity contribution in [1.82, 2.24) is 25.3 Å². The second-order valence-corrected chi connectivity index (χ2v) is 6.72. The molecule has 1 amide bonds. The fraction of sp³-hybridized carbons (Fsp3) is 0.786. The Morgan fingerprint density at radius 3 is 2.81 bits per heavy atom. The first-order valence-corrected chi connectivity index (χ1v) is 7.52. The second-order valence-electron chi connectivity index (χ2n) is 6.72. The van der Waals surface area contributed by atoms with Gasteiger partial charge < -0.3 is 4.90 Å². The molecule has 0 spiro atoms. The van der Waals surface area contributed by atoms with Crippen molar-refractivity contribution in [2.24, 2.45) is 11.3 Å². The summed E-state index contributed by atoms with van der Waals surface area (Å²) in [4.78, 5) is 13.7. The van der Waals surface area contributed by atoms with Crippen molar-refractivity contribution in [2.45, 2.75) is 52.1 Å². The third kappa shape index (κ3) is 4.25. The van der Waals surface area contributed by atoms with Gasteiger partial charge in [-0.3, -0.25) is 14.9 Å². The van der Waals surface area contributed by atoms with E-state index in [2.05, 4.69) is 41.5 Å². The number of hydrogen-bond acceptors (Lipinski definition) is 5. The number of nitrogens with zero attached hydrogens (tertiary/aromatic N) is 4. The van der Waals surface area contributed by atoms with Crippen molar-refractivity contribution in [3.8, 4) is 0 Å². The molecule has 21 heavy (non-hydrogen) atoms. The number of nitrogens with two attached hydrogens (primary N) is 1. The Kier molecular flexibility index (Phi) is 4.95. The summed E-state index contributed by atoms with van der Waals surface area (Å²) in [5.41, 5.74) is 2.80. The van der Waals surface area contributed by atoms with Gasteiger partial charge in [-0.1, -0.05) is 19.1 Å². The molecule has 1 aliphatic rings. The molecule has 1 aromatic heterocycles. The first-order chi connectivity index (χ1) is 9.91. The summed E-state index contributed by atoms with van der Waals surface area (Å²) in [6, 6.07) is 0.647. The maximum absolute atomic E-state index is 11.3. The Bertz CT molecular complexity index is 474. The van der Waals surface area contributed by atoms with E-state index in [1.807, 2.05) is 0 Å².